The predicted octanol–water partition coefficient (Wildman–Crippen LogP) is 3.83. The van der Waals surface area contributed by atoms with E-state index in [2.05, 4.69) is 30.9 Å². The van der Waals surface area contributed by atoms with Crippen molar-refractivity contribution in [3.05, 3.63) is 22.2 Å². The minimum Gasteiger partial charge on any atom is -0.397 e. The molecule has 0 radical (unpaired) electrons. The number of anilines is 1. The van der Waals surface area contributed by atoms with Crippen molar-refractivity contribution in [1.82, 2.24) is 15.0 Å². The molecular weight excluding hydrogens is 372 g/mol. The summed E-state index contributed by atoms with van der Waals surface area (Å²) in [5.74, 6) is -0.489. The summed E-state index contributed by atoms with van der Waals surface area (Å²) >= 11 is 3.31. The number of nitrogens with zero attached hydrogens (tertiary/aromatic N) is 3. The van der Waals surface area contributed by atoms with E-state index in [0.717, 1.165) is 0 Å². The van der Waals surface area contributed by atoms with E-state index in [-0.39, 0.29) is 28.7 Å². The number of halogens is 1. The second kappa shape index (κ2) is 5.88. The number of carbonyl (C=O) groups is 2. The van der Waals surface area contributed by atoms with Gasteiger partial charge in [-0.1, -0.05) is 41.5 Å². The standard InChI is InChI=1S/C17H21BrN4O2/c1-16(2,3)12(23)11-9-10(19)8(18)7-20-14(9)22-15(21-11)13(24)17(4,5)6/h7H,1-6H3,(H2,19,20,21,22). The van der Waals surface area contributed by atoms with Gasteiger partial charge >= 0.3 is 0 Å². The Morgan fingerprint density at radius 2 is 1.54 bits per heavy atom. The summed E-state index contributed by atoms with van der Waals surface area (Å²) in [6.07, 6.45) is 1.50. The first-order valence-corrected chi connectivity index (χ1v) is 8.34. The molecule has 2 heterocycles. The number of hydrogen-bond acceptors (Lipinski definition) is 6. The molecule has 7 heteroatoms. The molecule has 0 aromatic carbocycles. The summed E-state index contributed by atoms with van der Waals surface area (Å²) in [4.78, 5) is 38.2. The first-order valence-electron chi connectivity index (χ1n) is 7.55. The number of nitrogens with two attached hydrogens (primary N) is 1. The fourth-order valence-corrected chi connectivity index (χ4v) is 2.35. The Kier molecular flexibility index (Phi) is 4.52. The number of nitrogen functional groups attached to an aromatic ring is 1. The Morgan fingerprint density at radius 3 is 2.04 bits per heavy atom. The molecule has 2 N–H and O–H groups in total. The van der Waals surface area contributed by atoms with Crippen LogP contribution < -0.4 is 5.73 Å². The van der Waals surface area contributed by atoms with Crippen molar-refractivity contribution in [3.8, 4) is 0 Å². The van der Waals surface area contributed by atoms with Gasteiger partial charge < -0.3 is 5.73 Å². The van der Waals surface area contributed by atoms with E-state index in [0.29, 0.717) is 15.5 Å². The first kappa shape index (κ1) is 18.4. The summed E-state index contributed by atoms with van der Waals surface area (Å²) in [5.41, 5.74) is 5.46. The van der Waals surface area contributed by atoms with Gasteiger partial charge in [-0.15, -0.1) is 0 Å². The Labute approximate surface area is 149 Å². The quantitative estimate of drug-likeness (QED) is 0.779. The number of rotatable bonds is 2. The molecule has 2 rings (SSSR count). The fourth-order valence-electron chi connectivity index (χ4n) is 2.05. The molecule has 6 nitrogen and oxygen atoms in total. The zero-order valence-electron chi connectivity index (χ0n) is 14.7. The van der Waals surface area contributed by atoms with Gasteiger partial charge in [-0.2, -0.15) is 0 Å². The normalized spacial score (nSPS) is 12.5. The minimum absolute atomic E-state index is 0.0168. The Morgan fingerprint density at radius 1 is 1.00 bits per heavy atom. The van der Waals surface area contributed by atoms with Crippen LogP contribution in [-0.4, -0.2) is 26.5 Å². The van der Waals surface area contributed by atoms with E-state index in [1.807, 2.05) is 0 Å². The number of carbonyl (C=O) groups excluding carboxylic acids is 2. The Bertz CT molecular complexity index is 848. The molecule has 0 aliphatic rings. The summed E-state index contributed by atoms with van der Waals surface area (Å²) in [6.45, 7) is 10.7. The van der Waals surface area contributed by atoms with Crippen LogP contribution in [0.1, 0.15) is 62.6 Å². The van der Waals surface area contributed by atoms with Gasteiger partial charge in [0, 0.05) is 17.0 Å². The van der Waals surface area contributed by atoms with E-state index >= 15 is 0 Å². The first-order chi connectivity index (χ1) is 10.8. The van der Waals surface area contributed by atoms with Crippen LogP contribution in [0.15, 0.2) is 10.7 Å². The third-order valence-electron chi connectivity index (χ3n) is 3.50. The molecule has 0 saturated heterocycles. The molecule has 0 amide bonds. The van der Waals surface area contributed by atoms with Gasteiger partial charge in [0.2, 0.25) is 5.78 Å². The average molecular weight is 393 g/mol. The van der Waals surface area contributed by atoms with Crippen molar-refractivity contribution < 1.29 is 9.59 Å². The maximum atomic E-state index is 12.9. The average Bonchev–Trinajstić information content (AvgIpc) is 2.46. The molecule has 0 spiro atoms. The highest BCUT2D eigenvalue weighted by Crippen LogP contribution is 2.32. The van der Waals surface area contributed by atoms with Crippen LogP contribution in [0.2, 0.25) is 0 Å². The van der Waals surface area contributed by atoms with Gasteiger partial charge in [0.15, 0.2) is 17.3 Å². The molecule has 2 aromatic heterocycles. The molecule has 2 aromatic rings. The van der Waals surface area contributed by atoms with Crippen molar-refractivity contribution in [3.63, 3.8) is 0 Å². The maximum absolute atomic E-state index is 12.9. The van der Waals surface area contributed by atoms with Crippen molar-refractivity contribution in [2.45, 2.75) is 41.5 Å². The molecule has 0 bridgehead atoms. The van der Waals surface area contributed by atoms with Gasteiger partial charge in [-0.05, 0) is 15.9 Å². The second-order valence-electron chi connectivity index (χ2n) is 7.77. The molecule has 0 saturated carbocycles. The second-order valence-corrected chi connectivity index (χ2v) is 8.63. The van der Waals surface area contributed by atoms with Gasteiger partial charge in [-0.3, -0.25) is 9.59 Å². The SMILES string of the molecule is CC(C)(C)C(=O)c1nc(C(=O)C(C)(C)C)c2c(N)c(Br)cnc2n1. The number of fused-ring (bicyclic) bond motifs is 1. The lowest BCUT2D eigenvalue weighted by atomic mass is 9.87. The zero-order valence-corrected chi connectivity index (χ0v) is 16.3. The van der Waals surface area contributed by atoms with Crippen molar-refractivity contribution >= 4 is 44.2 Å². The molecular formula is C17H21BrN4O2. The molecule has 128 valence electrons. The third-order valence-corrected chi connectivity index (χ3v) is 4.13. The van der Waals surface area contributed by atoms with Gasteiger partial charge in [0.25, 0.3) is 0 Å². The minimum atomic E-state index is -0.682. The van der Waals surface area contributed by atoms with E-state index in [4.69, 9.17) is 5.73 Å². The molecule has 0 atom stereocenters. The lowest BCUT2D eigenvalue weighted by Crippen LogP contribution is -2.27. The highest BCUT2D eigenvalue weighted by atomic mass is 79.9. The summed E-state index contributed by atoms with van der Waals surface area (Å²) in [6, 6.07) is 0. The smallest absolute Gasteiger partial charge is 0.205 e. The van der Waals surface area contributed by atoms with Crippen molar-refractivity contribution in [2.75, 3.05) is 5.73 Å². The number of Topliss-reactive ketones (excluding diaryl/α,β-unsaturated/α-hetero) is 2. The van der Waals surface area contributed by atoms with Gasteiger partial charge in [-0.25, -0.2) is 15.0 Å². The summed E-state index contributed by atoms with van der Waals surface area (Å²) < 4.78 is 0.552. The maximum Gasteiger partial charge on any atom is 0.205 e. The highest BCUT2D eigenvalue weighted by molar-refractivity contribution is 9.10. The summed E-state index contributed by atoms with van der Waals surface area (Å²) in [5, 5.41) is 0.370. The number of ketones is 2. The van der Waals surface area contributed by atoms with Crippen LogP contribution in [0, 0.1) is 10.8 Å². The van der Waals surface area contributed by atoms with Gasteiger partial charge in [0.1, 0.15) is 5.69 Å². The third kappa shape index (κ3) is 3.31. The Balaban J connectivity index is 2.88. The monoisotopic (exact) mass is 392 g/mol. The van der Waals surface area contributed by atoms with E-state index < -0.39 is 10.8 Å². The molecule has 0 fully saturated rings. The lowest BCUT2D eigenvalue weighted by Gasteiger charge is -2.20. The number of aromatic nitrogens is 3. The molecule has 0 aliphatic heterocycles. The molecule has 0 aliphatic carbocycles. The topological polar surface area (TPSA) is 98.8 Å². The van der Waals surface area contributed by atoms with Crippen LogP contribution in [0.25, 0.3) is 11.0 Å². The Hall–Kier alpha value is -1.89. The van der Waals surface area contributed by atoms with Crippen LogP contribution >= 0.6 is 15.9 Å². The van der Waals surface area contributed by atoms with Gasteiger partial charge in [0.05, 0.1) is 15.5 Å². The highest BCUT2D eigenvalue weighted by Gasteiger charge is 2.32. The van der Waals surface area contributed by atoms with Crippen LogP contribution in [-0.2, 0) is 0 Å². The van der Waals surface area contributed by atoms with Crippen LogP contribution in [0.3, 0.4) is 0 Å². The van der Waals surface area contributed by atoms with Crippen molar-refractivity contribution in [1.29, 1.82) is 0 Å². The largest absolute Gasteiger partial charge is 0.397 e. The van der Waals surface area contributed by atoms with Crippen LogP contribution in [0.5, 0.6) is 0 Å². The summed E-state index contributed by atoms with van der Waals surface area (Å²) in [7, 11) is 0. The lowest BCUT2D eigenvalue weighted by molar-refractivity contribution is 0.0842. The molecule has 0 unspecified atom stereocenters. The van der Waals surface area contributed by atoms with Crippen molar-refractivity contribution in [2.24, 2.45) is 10.8 Å². The van der Waals surface area contributed by atoms with E-state index in [1.54, 1.807) is 41.5 Å². The fraction of sp³-hybridized carbons (Fsp3) is 0.471. The van der Waals surface area contributed by atoms with E-state index in [1.165, 1.54) is 6.20 Å². The number of pyridine rings is 1. The predicted molar refractivity (Wildman–Crippen MR) is 97.0 cm³/mol. The zero-order chi connectivity index (χ0) is 18.4. The number of hydrogen-bond donors (Lipinski definition) is 1. The van der Waals surface area contributed by atoms with E-state index in [9.17, 15) is 9.59 Å². The molecule has 24 heavy (non-hydrogen) atoms. The van der Waals surface area contributed by atoms with Crippen LogP contribution in [0.4, 0.5) is 5.69 Å².